The predicted octanol–water partition coefficient (Wildman–Crippen LogP) is 8.04. The van der Waals surface area contributed by atoms with Gasteiger partial charge in [-0.25, -0.2) is 0 Å². The van der Waals surface area contributed by atoms with E-state index in [2.05, 4.69) is 104 Å². The van der Waals surface area contributed by atoms with Crippen LogP contribution in [-0.4, -0.2) is 4.98 Å². The Morgan fingerprint density at radius 3 is 2.45 bits per heavy atom. The van der Waals surface area contributed by atoms with Crippen molar-refractivity contribution in [2.45, 2.75) is 20.3 Å². The SMILES string of the molecule is CC(C)Cc1cc2c3c(nccc3c1)-c1ccc3ccccc3c1N2c1ccccc1. The summed E-state index contributed by atoms with van der Waals surface area (Å²) in [5.74, 6) is 0.604. The van der Waals surface area contributed by atoms with Crippen LogP contribution in [0.5, 0.6) is 0 Å². The smallest absolute Gasteiger partial charge is 0.0822 e. The molecule has 4 aromatic carbocycles. The zero-order valence-corrected chi connectivity index (χ0v) is 17.8. The molecular formula is C29H24N2. The largest absolute Gasteiger partial charge is 0.308 e. The number of fused-ring (bicyclic) bond motifs is 4. The van der Waals surface area contributed by atoms with Crippen LogP contribution in [-0.2, 0) is 6.42 Å². The number of aromatic nitrogens is 1. The van der Waals surface area contributed by atoms with Crippen LogP contribution in [0.1, 0.15) is 19.4 Å². The normalized spacial score (nSPS) is 12.5. The molecule has 31 heavy (non-hydrogen) atoms. The van der Waals surface area contributed by atoms with Crippen molar-refractivity contribution in [1.82, 2.24) is 4.98 Å². The molecule has 1 aliphatic heterocycles. The van der Waals surface area contributed by atoms with E-state index < -0.39 is 0 Å². The number of rotatable bonds is 3. The molecule has 0 saturated carbocycles. The van der Waals surface area contributed by atoms with Crippen molar-refractivity contribution >= 4 is 38.6 Å². The third kappa shape index (κ3) is 2.83. The number of benzene rings is 4. The maximum absolute atomic E-state index is 4.88. The van der Waals surface area contributed by atoms with Crippen molar-refractivity contribution in [3.63, 3.8) is 0 Å². The second kappa shape index (κ2) is 6.95. The average Bonchev–Trinajstić information content (AvgIpc) is 2.79. The van der Waals surface area contributed by atoms with Crippen molar-refractivity contribution in [3.8, 4) is 11.3 Å². The third-order valence-electron chi connectivity index (χ3n) is 6.18. The van der Waals surface area contributed by atoms with E-state index in [-0.39, 0.29) is 0 Å². The second-order valence-electron chi connectivity index (χ2n) is 8.82. The first kappa shape index (κ1) is 18.1. The van der Waals surface area contributed by atoms with Gasteiger partial charge in [0.2, 0.25) is 0 Å². The van der Waals surface area contributed by atoms with Crippen molar-refractivity contribution in [1.29, 1.82) is 0 Å². The highest BCUT2D eigenvalue weighted by Gasteiger charge is 2.29. The lowest BCUT2D eigenvalue weighted by atomic mass is 9.90. The first-order valence-corrected chi connectivity index (χ1v) is 11.0. The molecule has 6 rings (SSSR count). The highest BCUT2D eigenvalue weighted by Crippen LogP contribution is 2.52. The molecule has 0 aliphatic carbocycles. The third-order valence-corrected chi connectivity index (χ3v) is 6.18. The zero-order valence-electron chi connectivity index (χ0n) is 17.8. The summed E-state index contributed by atoms with van der Waals surface area (Å²) in [6.07, 6.45) is 3.02. The molecule has 2 nitrogen and oxygen atoms in total. The lowest BCUT2D eigenvalue weighted by molar-refractivity contribution is 0.648. The maximum Gasteiger partial charge on any atom is 0.0822 e. The predicted molar refractivity (Wildman–Crippen MR) is 131 cm³/mol. The first-order valence-electron chi connectivity index (χ1n) is 11.0. The number of para-hydroxylation sites is 1. The van der Waals surface area contributed by atoms with E-state index in [9.17, 15) is 0 Å². The summed E-state index contributed by atoms with van der Waals surface area (Å²) in [6.45, 7) is 4.57. The Morgan fingerprint density at radius 2 is 1.61 bits per heavy atom. The lowest BCUT2D eigenvalue weighted by Gasteiger charge is -2.34. The molecule has 1 aromatic heterocycles. The van der Waals surface area contributed by atoms with Crippen molar-refractivity contribution < 1.29 is 0 Å². The molecule has 0 atom stereocenters. The highest BCUT2D eigenvalue weighted by molar-refractivity contribution is 6.17. The van der Waals surface area contributed by atoms with Gasteiger partial charge in [-0.3, -0.25) is 4.98 Å². The van der Waals surface area contributed by atoms with Crippen molar-refractivity contribution in [2.75, 3.05) is 4.90 Å². The van der Waals surface area contributed by atoms with Crippen LogP contribution in [0.25, 0.3) is 32.8 Å². The molecule has 2 heterocycles. The van der Waals surface area contributed by atoms with Crippen LogP contribution < -0.4 is 4.90 Å². The van der Waals surface area contributed by atoms with Gasteiger partial charge in [0.15, 0.2) is 0 Å². The number of anilines is 3. The molecule has 1 aliphatic rings. The van der Waals surface area contributed by atoms with Gasteiger partial charge in [-0.2, -0.15) is 0 Å². The minimum atomic E-state index is 0.604. The highest BCUT2D eigenvalue weighted by atomic mass is 15.2. The van der Waals surface area contributed by atoms with E-state index in [1.54, 1.807) is 0 Å². The number of nitrogens with zero attached hydrogens (tertiary/aromatic N) is 2. The fraction of sp³-hybridized carbons (Fsp3) is 0.138. The van der Waals surface area contributed by atoms with Crippen LogP contribution in [0, 0.1) is 5.92 Å². The Kier molecular flexibility index (Phi) is 4.07. The van der Waals surface area contributed by atoms with Gasteiger partial charge >= 0.3 is 0 Å². The molecule has 0 unspecified atom stereocenters. The molecule has 0 bridgehead atoms. The Labute approximate surface area is 182 Å². The Balaban J connectivity index is 1.77. The van der Waals surface area contributed by atoms with Gasteiger partial charge in [-0.1, -0.05) is 74.5 Å². The van der Waals surface area contributed by atoms with E-state index in [1.807, 2.05) is 6.20 Å². The summed E-state index contributed by atoms with van der Waals surface area (Å²) >= 11 is 0. The topological polar surface area (TPSA) is 16.1 Å². The van der Waals surface area contributed by atoms with Gasteiger partial charge in [-0.15, -0.1) is 0 Å². The van der Waals surface area contributed by atoms with E-state index in [0.29, 0.717) is 5.92 Å². The molecule has 150 valence electrons. The Morgan fingerprint density at radius 1 is 0.806 bits per heavy atom. The number of hydrogen-bond donors (Lipinski definition) is 0. The van der Waals surface area contributed by atoms with E-state index in [1.165, 1.54) is 49.7 Å². The molecule has 0 spiro atoms. The van der Waals surface area contributed by atoms with Crippen LogP contribution in [0.15, 0.2) is 91.1 Å². The minimum absolute atomic E-state index is 0.604. The average molecular weight is 401 g/mol. The summed E-state index contributed by atoms with van der Waals surface area (Å²) in [4.78, 5) is 7.32. The number of pyridine rings is 1. The van der Waals surface area contributed by atoms with Gasteiger partial charge in [0, 0.05) is 28.2 Å². The summed E-state index contributed by atoms with van der Waals surface area (Å²) in [6, 6.07) is 30.7. The van der Waals surface area contributed by atoms with Gasteiger partial charge in [0.25, 0.3) is 0 Å². The fourth-order valence-corrected chi connectivity index (χ4v) is 4.98. The van der Waals surface area contributed by atoms with Crippen LogP contribution >= 0.6 is 0 Å². The molecule has 0 radical (unpaired) electrons. The van der Waals surface area contributed by atoms with Crippen LogP contribution in [0.2, 0.25) is 0 Å². The zero-order chi connectivity index (χ0) is 20.9. The molecule has 2 heteroatoms. The number of hydrogen-bond acceptors (Lipinski definition) is 2. The van der Waals surface area contributed by atoms with E-state index in [4.69, 9.17) is 4.98 Å². The van der Waals surface area contributed by atoms with Gasteiger partial charge in [-0.05, 0) is 52.9 Å². The first-order chi connectivity index (χ1) is 15.2. The fourth-order valence-electron chi connectivity index (χ4n) is 4.98. The summed E-state index contributed by atoms with van der Waals surface area (Å²) in [7, 11) is 0. The van der Waals surface area contributed by atoms with E-state index >= 15 is 0 Å². The quantitative estimate of drug-likeness (QED) is 0.299. The maximum atomic E-state index is 4.88. The standard InChI is InChI=1S/C29H24N2/c1-19(2)16-20-17-22-14-15-30-28-25-13-12-21-8-6-7-11-24(21)29(25)31(26(18-20)27(22)28)23-9-4-3-5-10-23/h3-15,17-19H,16H2,1-2H3. The molecule has 5 aromatic rings. The molecule has 0 fully saturated rings. The lowest BCUT2D eigenvalue weighted by Crippen LogP contribution is -2.16. The van der Waals surface area contributed by atoms with Crippen LogP contribution in [0.4, 0.5) is 17.1 Å². The molecule has 0 amide bonds. The monoisotopic (exact) mass is 400 g/mol. The van der Waals surface area contributed by atoms with Crippen molar-refractivity contribution in [3.05, 3.63) is 96.7 Å². The summed E-state index contributed by atoms with van der Waals surface area (Å²) in [5.41, 5.74) is 7.27. The van der Waals surface area contributed by atoms with Crippen LogP contribution in [0.3, 0.4) is 0 Å². The second-order valence-corrected chi connectivity index (χ2v) is 8.82. The molecule has 0 N–H and O–H groups in total. The van der Waals surface area contributed by atoms with Crippen molar-refractivity contribution in [2.24, 2.45) is 5.92 Å². The summed E-state index contributed by atoms with van der Waals surface area (Å²) in [5, 5.41) is 5.00. The van der Waals surface area contributed by atoms with E-state index in [0.717, 1.165) is 12.1 Å². The van der Waals surface area contributed by atoms with Gasteiger partial charge in [0.05, 0.1) is 17.1 Å². The van der Waals surface area contributed by atoms with Gasteiger partial charge < -0.3 is 4.90 Å². The summed E-state index contributed by atoms with van der Waals surface area (Å²) < 4.78 is 0. The molecule has 0 saturated heterocycles. The van der Waals surface area contributed by atoms with Gasteiger partial charge in [0.1, 0.15) is 0 Å². The molecular weight excluding hydrogens is 376 g/mol. The Bertz CT molecular complexity index is 1430. The Hall–Kier alpha value is -3.65. The minimum Gasteiger partial charge on any atom is -0.308 e.